The molecule has 0 aliphatic carbocycles. The van der Waals surface area contributed by atoms with Crippen LogP contribution in [0.15, 0.2) is 74.5 Å². The van der Waals surface area contributed by atoms with E-state index in [4.69, 9.17) is 0 Å². The summed E-state index contributed by atoms with van der Waals surface area (Å²) in [5, 5.41) is 2.70. The van der Waals surface area contributed by atoms with Crippen LogP contribution in [0.3, 0.4) is 0 Å². The van der Waals surface area contributed by atoms with Crippen molar-refractivity contribution in [2.45, 2.75) is 41.1 Å². The van der Waals surface area contributed by atoms with E-state index in [-0.39, 0.29) is 21.7 Å². The molecular weight excluding hydrogens is 453 g/mol. The predicted molar refractivity (Wildman–Crippen MR) is 121 cm³/mol. The molecule has 0 saturated carbocycles. The van der Waals surface area contributed by atoms with Crippen molar-refractivity contribution in [1.29, 1.82) is 0 Å². The van der Waals surface area contributed by atoms with Crippen molar-refractivity contribution in [1.82, 2.24) is 9.97 Å². The molecule has 1 amide bonds. The first-order chi connectivity index (χ1) is 15.3. The highest BCUT2D eigenvalue weighted by molar-refractivity contribution is 7.99. The summed E-state index contributed by atoms with van der Waals surface area (Å²) in [7, 11) is -4.02. The second-order valence-corrected chi connectivity index (χ2v) is 9.86. The summed E-state index contributed by atoms with van der Waals surface area (Å²) < 4.78 is 38.6. The number of halogens is 1. The Labute approximate surface area is 189 Å². The van der Waals surface area contributed by atoms with Crippen molar-refractivity contribution < 1.29 is 17.6 Å². The van der Waals surface area contributed by atoms with E-state index >= 15 is 0 Å². The van der Waals surface area contributed by atoms with Crippen LogP contribution >= 0.6 is 11.8 Å². The normalized spacial score (nSPS) is 11.3. The Hall–Kier alpha value is -2.98. The van der Waals surface area contributed by atoms with E-state index in [0.717, 1.165) is 42.8 Å². The van der Waals surface area contributed by atoms with E-state index in [1.54, 1.807) is 12.1 Å². The first-order valence-corrected chi connectivity index (χ1v) is 12.4. The van der Waals surface area contributed by atoms with E-state index in [0.29, 0.717) is 5.69 Å². The number of sulfone groups is 1. The monoisotopic (exact) mass is 475 g/mol. The van der Waals surface area contributed by atoms with Gasteiger partial charge in [-0.1, -0.05) is 37.2 Å². The van der Waals surface area contributed by atoms with Gasteiger partial charge >= 0.3 is 0 Å². The molecule has 0 saturated heterocycles. The number of carbonyl (C=O) groups excluding carboxylic acids is 1. The van der Waals surface area contributed by atoms with Crippen molar-refractivity contribution in [2.75, 3.05) is 11.1 Å². The Balaban J connectivity index is 1.66. The van der Waals surface area contributed by atoms with Crippen LogP contribution in [0.2, 0.25) is 0 Å². The molecule has 2 aromatic carbocycles. The number of benzene rings is 2. The zero-order valence-electron chi connectivity index (χ0n) is 17.3. The van der Waals surface area contributed by atoms with Crippen LogP contribution in [-0.2, 0) is 21.1 Å². The lowest BCUT2D eigenvalue weighted by Crippen LogP contribution is -2.20. The molecule has 0 fully saturated rings. The molecule has 3 aromatic rings. The van der Waals surface area contributed by atoms with E-state index in [2.05, 4.69) is 22.2 Å². The summed E-state index contributed by atoms with van der Waals surface area (Å²) in [6.45, 7) is 2.08. The smallest absolute Gasteiger partial charge is 0.270 e. The van der Waals surface area contributed by atoms with Gasteiger partial charge in [-0.25, -0.2) is 17.8 Å². The Kier molecular flexibility index (Phi) is 7.81. The van der Waals surface area contributed by atoms with E-state index in [1.807, 2.05) is 0 Å². The van der Waals surface area contributed by atoms with E-state index < -0.39 is 26.1 Å². The highest BCUT2D eigenvalue weighted by atomic mass is 32.2. The van der Waals surface area contributed by atoms with Gasteiger partial charge in [-0.05, 0) is 54.8 Å². The second-order valence-electron chi connectivity index (χ2n) is 6.98. The third-order valence-electron chi connectivity index (χ3n) is 4.55. The number of hydrogen-bond acceptors (Lipinski definition) is 6. The lowest BCUT2D eigenvalue weighted by atomic mass is 10.1. The molecule has 0 radical (unpaired) electrons. The van der Waals surface area contributed by atoms with Crippen LogP contribution < -0.4 is 10.9 Å². The summed E-state index contributed by atoms with van der Waals surface area (Å²) in [5.41, 5.74) is 0.653. The fourth-order valence-corrected chi connectivity index (χ4v) is 4.71. The zero-order valence-corrected chi connectivity index (χ0v) is 18.9. The van der Waals surface area contributed by atoms with Crippen molar-refractivity contribution in [3.63, 3.8) is 0 Å². The minimum absolute atomic E-state index is 0.0177. The van der Waals surface area contributed by atoms with Crippen LogP contribution in [0.25, 0.3) is 0 Å². The first-order valence-electron chi connectivity index (χ1n) is 9.91. The number of H-pyrrole nitrogens is 1. The molecule has 2 N–H and O–H groups in total. The lowest BCUT2D eigenvalue weighted by Gasteiger charge is -2.07. The van der Waals surface area contributed by atoms with Crippen molar-refractivity contribution in [3.05, 3.63) is 76.5 Å². The summed E-state index contributed by atoms with van der Waals surface area (Å²) in [6, 6.07) is 11.8. The fourth-order valence-electron chi connectivity index (χ4n) is 2.84. The molecule has 0 spiro atoms. The Bertz CT molecular complexity index is 1240. The zero-order chi connectivity index (χ0) is 23.1. The quantitative estimate of drug-likeness (QED) is 0.360. The van der Waals surface area contributed by atoms with Gasteiger partial charge in [0.2, 0.25) is 15.7 Å². The number of nitrogens with zero attached hydrogens (tertiary/aromatic N) is 1. The van der Waals surface area contributed by atoms with Gasteiger partial charge in [0, 0.05) is 5.69 Å². The Morgan fingerprint density at radius 2 is 1.81 bits per heavy atom. The number of unbranched alkanes of at least 4 members (excludes halogenated alkanes) is 1. The van der Waals surface area contributed by atoms with Gasteiger partial charge < -0.3 is 10.3 Å². The van der Waals surface area contributed by atoms with Crippen LogP contribution in [0, 0.1) is 5.82 Å². The summed E-state index contributed by atoms with van der Waals surface area (Å²) in [4.78, 5) is 30.4. The van der Waals surface area contributed by atoms with Crippen LogP contribution in [0.5, 0.6) is 0 Å². The molecule has 0 unspecified atom stereocenters. The largest absolute Gasteiger partial charge is 0.325 e. The highest BCUT2D eigenvalue weighted by Crippen LogP contribution is 2.20. The first kappa shape index (κ1) is 23.7. The number of aromatic amines is 1. The number of amides is 1. The van der Waals surface area contributed by atoms with Crippen LogP contribution in [0.4, 0.5) is 10.1 Å². The summed E-state index contributed by atoms with van der Waals surface area (Å²) >= 11 is 0.942. The molecule has 1 aromatic heterocycles. The van der Waals surface area contributed by atoms with Gasteiger partial charge in [0.25, 0.3) is 5.56 Å². The van der Waals surface area contributed by atoms with E-state index in [1.165, 1.54) is 36.4 Å². The number of aromatic nitrogens is 2. The van der Waals surface area contributed by atoms with Crippen molar-refractivity contribution >= 4 is 33.2 Å². The number of thioether (sulfide) groups is 1. The molecule has 168 valence electrons. The minimum Gasteiger partial charge on any atom is -0.325 e. The molecule has 0 aliphatic heterocycles. The molecule has 0 atom stereocenters. The number of aryl methyl sites for hydroxylation is 1. The maximum absolute atomic E-state index is 12.9. The van der Waals surface area contributed by atoms with Crippen molar-refractivity contribution in [3.8, 4) is 0 Å². The molecule has 1 heterocycles. The topological polar surface area (TPSA) is 109 Å². The number of anilines is 1. The lowest BCUT2D eigenvalue weighted by molar-refractivity contribution is -0.113. The Morgan fingerprint density at radius 3 is 2.44 bits per heavy atom. The number of hydrogen-bond donors (Lipinski definition) is 2. The maximum Gasteiger partial charge on any atom is 0.270 e. The van der Waals surface area contributed by atoms with Gasteiger partial charge in [-0.2, -0.15) is 0 Å². The standard InChI is InChI=1S/C22H22FN3O4S2/c1-2-3-4-15-5-11-18(12-6-15)32(29,30)19-13-24-22(26-21(19)28)31-14-20(27)25-17-9-7-16(23)8-10-17/h5-13H,2-4,14H2,1H3,(H,25,27)(H,24,26,28). The number of rotatable bonds is 9. The molecule has 0 bridgehead atoms. The second kappa shape index (κ2) is 10.6. The van der Waals surface area contributed by atoms with E-state index in [9.17, 15) is 22.4 Å². The predicted octanol–water partition coefficient (Wildman–Crippen LogP) is 3.82. The van der Waals surface area contributed by atoms with Gasteiger partial charge in [-0.3, -0.25) is 9.59 Å². The fraction of sp³-hybridized carbons (Fsp3) is 0.227. The van der Waals surface area contributed by atoms with Gasteiger partial charge in [-0.15, -0.1) is 0 Å². The van der Waals surface area contributed by atoms with Gasteiger partial charge in [0.05, 0.1) is 16.8 Å². The molecule has 0 aliphatic rings. The third-order valence-corrected chi connectivity index (χ3v) is 7.20. The molecule has 10 heteroatoms. The minimum atomic E-state index is -4.02. The SMILES string of the molecule is CCCCc1ccc(S(=O)(=O)c2cnc(SCC(=O)Nc3ccc(F)cc3)[nH]c2=O)cc1. The highest BCUT2D eigenvalue weighted by Gasteiger charge is 2.22. The molecular formula is C22H22FN3O4S2. The average molecular weight is 476 g/mol. The van der Waals surface area contributed by atoms with Crippen molar-refractivity contribution in [2.24, 2.45) is 0 Å². The molecule has 3 rings (SSSR count). The van der Waals surface area contributed by atoms with Gasteiger partial charge in [0.1, 0.15) is 5.82 Å². The van der Waals surface area contributed by atoms with Crippen LogP contribution in [0.1, 0.15) is 25.3 Å². The van der Waals surface area contributed by atoms with Crippen LogP contribution in [-0.4, -0.2) is 30.0 Å². The molecule has 32 heavy (non-hydrogen) atoms. The number of nitrogens with one attached hydrogen (secondary N) is 2. The maximum atomic E-state index is 12.9. The number of carbonyl (C=O) groups is 1. The Morgan fingerprint density at radius 1 is 1.12 bits per heavy atom. The average Bonchev–Trinajstić information content (AvgIpc) is 2.78. The third kappa shape index (κ3) is 6.04. The van der Waals surface area contributed by atoms with Gasteiger partial charge in [0.15, 0.2) is 10.1 Å². The summed E-state index contributed by atoms with van der Waals surface area (Å²) in [5.74, 6) is -0.878. The molecule has 7 nitrogen and oxygen atoms in total. The summed E-state index contributed by atoms with van der Waals surface area (Å²) in [6.07, 6.45) is 3.91.